The van der Waals surface area contributed by atoms with Gasteiger partial charge in [-0.1, -0.05) is 18.2 Å². The zero-order valence-corrected chi connectivity index (χ0v) is 12.3. The Hall–Kier alpha value is -2.34. The standard InChI is InChI=1S/C15H15NO4S/c1-20-12-9-13(21-10-12)15(19)16(8-7-14(17)18)11-5-3-2-4-6-11/h2-6,9-10H,7-8H2,1H3,(H,17,18). The third kappa shape index (κ3) is 3.82. The second-order valence-electron chi connectivity index (χ2n) is 4.29. The molecule has 6 heteroatoms. The highest BCUT2D eigenvalue weighted by Crippen LogP contribution is 2.25. The molecule has 1 aromatic heterocycles. The highest BCUT2D eigenvalue weighted by Gasteiger charge is 2.20. The molecule has 2 aromatic rings. The smallest absolute Gasteiger partial charge is 0.305 e. The van der Waals surface area contributed by atoms with Gasteiger partial charge in [-0.05, 0) is 12.1 Å². The van der Waals surface area contributed by atoms with Crippen molar-refractivity contribution >= 4 is 28.9 Å². The van der Waals surface area contributed by atoms with Crippen LogP contribution in [-0.4, -0.2) is 30.6 Å². The molecule has 1 amide bonds. The Labute approximate surface area is 126 Å². The minimum atomic E-state index is -0.938. The molecule has 21 heavy (non-hydrogen) atoms. The number of carbonyl (C=O) groups excluding carboxylic acids is 1. The number of carbonyl (C=O) groups is 2. The number of carboxylic acid groups (broad SMARTS) is 1. The van der Waals surface area contributed by atoms with Crippen LogP contribution in [0.2, 0.25) is 0 Å². The van der Waals surface area contributed by atoms with Crippen molar-refractivity contribution in [3.8, 4) is 5.75 Å². The molecule has 1 N–H and O–H groups in total. The Morgan fingerprint density at radius 3 is 2.57 bits per heavy atom. The number of rotatable bonds is 6. The normalized spacial score (nSPS) is 10.1. The Morgan fingerprint density at radius 2 is 2.00 bits per heavy atom. The summed E-state index contributed by atoms with van der Waals surface area (Å²) in [5.41, 5.74) is 0.677. The van der Waals surface area contributed by atoms with Crippen molar-refractivity contribution in [3.05, 3.63) is 46.7 Å². The first-order valence-corrected chi connectivity index (χ1v) is 7.21. The molecule has 0 aliphatic heterocycles. The van der Waals surface area contributed by atoms with E-state index in [1.165, 1.54) is 23.3 Å². The van der Waals surface area contributed by atoms with E-state index in [9.17, 15) is 9.59 Å². The van der Waals surface area contributed by atoms with Crippen LogP contribution >= 0.6 is 11.3 Å². The topological polar surface area (TPSA) is 66.8 Å². The SMILES string of the molecule is COc1csc(C(=O)N(CCC(=O)O)c2ccccc2)c1. The van der Waals surface area contributed by atoms with E-state index in [-0.39, 0.29) is 18.9 Å². The third-order valence-corrected chi connectivity index (χ3v) is 3.78. The van der Waals surface area contributed by atoms with Crippen LogP contribution in [0.3, 0.4) is 0 Å². The zero-order valence-electron chi connectivity index (χ0n) is 11.5. The number of anilines is 1. The van der Waals surface area contributed by atoms with Gasteiger partial charge in [-0.2, -0.15) is 0 Å². The average Bonchev–Trinajstić information content (AvgIpc) is 2.97. The van der Waals surface area contributed by atoms with Gasteiger partial charge in [0.05, 0.1) is 18.4 Å². The van der Waals surface area contributed by atoms with Gasteiger partial charge in [0.2, 0.25) is 0 Å². The highest BCUT2D eigenvalue weighted by molar-refractivity contribution is 7.12. The van der Waals surface area contributed by atoms with E-state index in [4.69, 9.17) is 9.84 Å². The van der Waals surface area contributed by atoms with Gasteiger partial charge in [0.25, 0.3) is 5.91 Å². The predicted octanol–water partition coefficient (Wildman–Crippen LogP) is 2.88. The van der Waals surface area contributed by atoms with E-state index in [2.05, 4.69) is 0 Å². The molecule has 0 bridgehead atoms. The zero-order chi connectivity index (χ0) is 15.2. The van der Waals surface area contributed by atoms with Gasteiger partial charge in [0.15, 0.2) is 0 Å². The number of carboxylic acids is 1. The molecule has 2 rings (SSSR count). The van der Waals surface area contributed by atoms with Crippen molar-refractivity contribution in [2.45, 2.75) is 6.42 Å². The van der Waals surface area contributed by atoms with E-state index in [1.54, 1.807) is 23.6 Å². The summed E-state index contributed by atoms with van der Waals surface area (Å²) >= 11 is 1.28. The lowest BCUT2D eigenvalue weighted by Gasteiger charge is -2.21. The summed E-state index contributed by atoms with van der Waals surface area (Å²) in [5.74, 6) is -0.544. The van der Waals surface area contributed by atoms with Crippen LogP contribution in [0.25, 0.3) is 0 Å². The van der Waals surface area contributed by atoms with E-state index in [1.807, 2.05) is 18.2 Å². The van der Waals surface area contributed by atoms with E-state index in [0.29, 0.717) is 16.3 Å². The maximum absolute atomic E-state index is 12.6. The number of ether oxygens (including phenoxy) is 1. The second-order valence-corrected chi connectivity index (χ2v) is 5.20. The molecule has 0 fully saturated rings. The molecule has 1 aromatic carbocycles. The Morgan fingerprint density at radius 1 is 1.29 bits per heavy atom. The van der Waals surface area contributed by atoms with Crippen LogP contribution in [0, 0.1) is 0 Å². The molecule has 0 spiro atoms. The molecule has 0 atom stereocenters. The minimum Gasteiger partial charge on any atom is -0.496 e. The Balaban J connectivity index is 2.25. The number of hydrogen-bond acceptors (Lipinski definition) is 4. The van der Waals surface area contributed by atoms with Gasteiger partial charge in [-0.25, -0.2) is 0 Å². The number of para-hydroxylation sites is 1. The van der Waals surface area contributed by atoms with Gasteiger partial charge in [0, 0.05) is 23.7 Å². The van der Waals surface area contributed by atoms with Gasteiger partial charge in [-0.15, -0.1) is 11.3 Å². The summed E-state index contributed by atoms with van der Waals surface area (Å²) in [5, 5.41) is 10.6. The Bertz CT molecular complexity index is 624. The van der Waals surface area contributed by atoms with Crippen LogP contribution in [0.4, 0.5) is 5.69 Å². The van der Waals surface area contributed by atoms with Crippen LogP contribution in [0.1, 0.15) is 16.1 Å². The van der Waals surface area contributed by atoms with Crippen molar-refractivity contribution in [2.24, 2.45) is 0 Å². The monoisotopic (exact) mass is 305 g/mol. The summed E-state index contributed by atoms with van der Waals surface area (Å²) in [7, 11) is 1.54. The molecular formula is C15H15NO4S. The molecule has 0 saturated carbocycles. The lowest BCUT2D eigenvalue weighted by atomic mass is 10.2. The van der Waals surface area contributed by atoms with Crippen LogP contribution in [0.5, 0.6) is 5.75 Å². The average molecular weight is 305 g/mol. The maximum atomic E-state index is 12.6. The first-order valence-electron chi connectivity index (χ1n) is 6.33. The molecule has 0 aliphatic carbocycles. The summed E-state index contributed by atoms with van der Waals surface area (Å²) in [4.78, 5) is 25.4. The van der Waals surface area contributed by atoms with E-state index < -0.39 is 5.97 Å². The first-order chi connectivity index (χ1) is 10.1. The van der Waals surface area contributed by atoms with Crippen LogP contribution < -0.4 is 9.64 Å². The number of amides is 1. The molecule has 0 unspecified atom stereocenters. The second kappa shape index (κ2) is 6.90. The first kappa shape index (κ1) is 15.1. The van der Waals surface area contributed by atoms with E-state index in [0.717, 1.165) is 0 Å². The fraction of sp³-hybridized carbons (Fsp3) is 0.200. The lowest BCUT2D eigenvalue weighted by molar-refractivity contribution is -0.136. The molecule has 1 heterocycles. The predicted molar refractivity (Wildman–Crippen MR) is 81.2 cm³/mol. The van der Waals surface area contributed by atoms with Gasteiger partial charge < -0.3 is 14.7 Å². The minimum absolute atomic E-state index is 0.108. The quantitative estimate of drug-likeness (QED) is 0.891. The van der Waals surface area contributed by atoms with Gasteiger partial charge in [-0.3, -0.25) is 9.59 Å². The maximum Gasteiger partial charge on any atom is 0.305 e. The number of hydrogen-bond donors (Lipinski definition) is 1. The van der Waals surface area contributed by atoms with Gasteiger partial charge in [0.1, 0.15) is 5.75 Å². The van der Waals surface area contributed by atoms with Crippen LogP contribution in [0.15, 0.2) is 41.8 Å². The number of benzene rings is 1. The lowest BCUT2D eigenvalue weighted by Crippen LogP contribution is -2.32. The van der Waals surface area contributed by atoms with Crippen molar-refractivity contribution in [2.75, 3.05) is 18.6 Å². The summed E-state index contributed by atoms with van der Waals surface area (Å²) in [6.07, 6.45) is -0.108. The number of thiophene rings is 1. The van der Waals surface area contributed by atoms with Crippen molar-refractivity contribution < 1.29 is 19.4 Å². The van der Waals surface area contributed by atoms with Crippen LogP contribution in [-0.2, 0) is 4.79 Å². The molecule has 110 valence electrons. The number of nitrogens with zero attached hydrogens (tertiary/aromatic N) is 1. The molecular weight excluding hydrogens is 290 g/mol. The largest absolute Gasteiger partial charge is 0.496 e. The van der Waals surface area contributed by atoms with Gasteiger partial charge >= 0.3 is 5.97 Å². The molecule has 0 saturated heterocycles. The summed E-state index contributed by atoms with van der Waals surface area (Å²) in [6.45, 7) is 0.123. The molecule has 5 nitrogen and oxygen atoms in total. The number of aliphatic carboxylic acids is 1. The fourth-order valence-corrected chi connectivity index (χ4v) is 2.64. The Kier molecular flexibility index (Phi) is 4.94. The number of methoxy groups -OCH3 is 1. The fourth-order valence-electron chi connectivity index (χ4n) is 1.83. The summed E-state index contributed by atoms with van der Waals surface area (Å²) < 4.78 is 5.07. The molecule has 0 radical (unpaired) electrons. The van der Waals surface area contributed by atoms with Crippen molar-refractivity contribution in [1.82, 2.24) is 0 Å². The van der Waals surface area contributed by atoms with E-state index >= 15 is 0 Å². The summed E-state index contributed by atoms with van der Waals surface area (Å²) in [6, 6.07) is 10.7. The van der Waals surface area contributed by atoms with Crippen molar-refractivity contribution in [1.29, 1.82) is 0 Å². The van der Waals surface area contributed by atoms with Crippen molar-refractivity contribution in [3.63, 3.8) is 0 Å². The molecule has 0 aliphatic rings. The highest BCUT2D eigenvalue weighted by atomic mass is 32.1. The third-order valence-electron chi connectivity index (χ3n) is 2.88.